The van der Waals surface area contributed by atoms with E-state index >= 15 is 0 Å². The molecule has 0 bridgehead atoms. The first-order chi connectivity index (χ1) is 12.1. The molecule has 3 N–H and O–H groups in total. The Morgan fingerprint density at radius 3 is 2.76 bits per heavy atom. The molecule has 1 heterocycles. The number of nitrogens with one attached hydrogen (secondary N) is 1. The van der Waals surface area contributed by atoms with Gasteiger partial charge in [0.1, 0.15) is 11.6 Å². The number of hydrogen-bond donors (Lipinski definition) is 2. The Morgan fingerprint density at radius 1 is 1.12 bits per heavy atom. The van der Waals surface area contributed by atoms with E-state index in [2.05, 4.69) is 36.2 Å². The maximum Gasteiger partial charge on any atom is 0.232 e. The maximum atomic E-state index is 5.83. The number of para-hydroxylation sites is 2. The minimum atomic E-state index is 0.178. The topological polar surface area (TPSA) is 86.0 Å². The molecule has 0 saturated carbocycles. The summed E-state index contributed by atoms with van der Waals surface area (Å²) in [6.45, 7) is 0. The van der Waals surface area contributed by atoms with Crippen LogP contribution in [0.3, 0.4) is 0 Å². The van der Waals surface area contributed by atoms with Crippen molar-refractivity contribution < 1.29 is 4.74 Å². The SMILES string of the molecule is COc1ccccc1Nc1nc(N)nc(CSc2cccc(Br)c2)n1. The van der Waals surface area contributed by atoms with Gasteiger partial charge in [-0.05, 0) is 30.3 Å². The highest BCUT2D eigenvalue weighted by Gasteiger charge is 2.08. The monoisotopic (exact) mass is 417 g/mol. The summed E-state index contributed by atoms with van der Waals surface area (Å²) in [5, 5.41) is 3.13. The molecule has 3 aromatic rings. The van der Waals surface area contributed by atoms with Gasteiger partial charge in [0.05, 0.1) is 18.6 Å². The lowest BCUT2D eigenvalue weighted by Crippen LogP contribution is -2.07. The van der Waals surface area contributed by atoms with E-state index in [0.29, 0.717) is 23.3 Å². The highest BCUT2D eigenvalue weighted by molar-refractivity contribution is 9.10. The third-order valence-electron chi connectivity index (χ3n) is 3.22. The van der Waals surface area contributed by atoms with E-state index in [-0.39, 0.29) is 5.95 Å². The van der Waals surface area contributed by atoms with Crippen LogP contribution in [0.1, 0.15) is 5.82 Å². The number of methoxy groups -OCH3 is 1. The zero-order valence-electron chi connectivity index (χ0n) is 13.4. The Bertz CT molecular complexity index is 877. The predicted octanol–water partition coefficient (Wildman–Crippen LogP) is 4.26. The van der Waals surface area contributed by atoms with Crippen LogP contribution in [-0.2, 0) is 5.75 Å². The van der Waals surface area contributed by atoms with Crippen LogP contribution in [0.15, 0.2) is 57.9 Å². The van der Waals surface area contributed by atoms with Gasteiger partial charge in [-0.25, -0.2) is 0 Å². The van der Waals surface area contributed by atoms with Gasteiger partial charge in [0.25, 0.3) is 0 Å². The summed E-state index contributed by atoms with van der Waals surface area (Å²) >= 11 is 5.09. The highest BCUT2D eigenvalue weighted by Crippen LogP contribution is 2.27. The molecule has 0 aliphatic rings. The van der Waals surface area contributed by atoms with Crippen LogP contribution >= 0.6 is 27.7 Å². The molecule has 0 saturated heterocycles. The first-order valence-corrected chi connectivity index (χ1v) is 9.21. The second-order valence-electron chi connectivity index (χ2n) is 5.00. The second kappa shape index (κ2) is 8.17. The van der Waals surface area contributed by atoms with Crippen LogP contribution in [0, 0.1) is 0 Å². The summed E-state index contributed by atoms with van der Waals surface area (Å²) in [4.78, 5) is 13.9. The lowest BCUT2D eigenvalue weighted by Gasteiger charge is -2.10. The summed E-state index contributed by atoms with van der Waals surface area (Å²) in [7, 11) is 1.61. The molecule has 0 unspecified atom stereocenters. The minimum absolute atomic E-state index is 0.178. The number of halogens is 1. The fraction of sp³-hybridized carbons (Fsp3) is 0.118. The summed E-state index contributed by atoms with van der Waals surface area (Å²) in [5.74, 6) is 2.46. The highest BCUT2D eigenvalue weighted by atomic mass is 79.9. The van der Waals surface area contributed by atoms with Gasteiger partial charge in [-0.3, -0.25) is 0 Å². The van der Waals surface area contributed by atoms with E-state index in [1.165, 1.54) is 0 Å². The number of anilines is 3. The van der Waals surface area contributed by atoms with Crippen LogP contribution < -0.4 is 15.8 Å². The molecule has 3 rings (SSSR count). The molecule has 0 aliphatic heterocycles. The van der Waals surface area contributed by atoms with Gasteiger partial charge in [0.2, 0.25) is 11.9 Å². The third kappa shape index (κ3) is 4.83. The van der Waals surface area contributed by atoms with E-state index < -0.39 is 0 Å². The molecule has 25 heavy (non-hydrogen) atoms. The van der Waals surface area contributed by atoms with Crippen molar-refractivity contribution in [3.05, 3.63) is 58.8 Å². The summed E-state index contributed by atoms with van der Waals surface area (Å²) < 4.78 is 6.35. The Hall–Kier alpha value is -2.32. The average molecular weight is 418 g/mol. The Morgan fingerprint density at radius 2 is 1.96 bits per heavy atom. The number of thioether (sulfide) groups is 1. The first kappa shape index (κ1) is 17.5. The van der Waals surface area contributed by atoms with Crippen molar-refractivity contribution in [1.82, 2.24) is 15.0 Å². The van der Waals surface area contributed by atoms with Crippen molar-refractivity contribution in [3.8, 4) is 5.75 Å². The first-order valence-electron chi connectivity index (χ1n) is 7.43. The van der Waals surface area contributed by atoms with Gasteiger partial charge in [0, 0.05) is 9.37 Å². The quantitative estimate of drug-likeness (QED) is 0.579. The van der Waals surface area contributed by atoms with Crippen molar-refractivity contribution in [2.45, 2.75) is 10.6 Å². The van der Waals surface area contributed by atoms with Crippen LogP contribution in [-0.4, -0.2) is 22.1 Å². The lowest BCUT2D eigenvalue weighted by molar-refractivity contribution is 0.417. The fourth-order valence-electron chi connectivity index (χ4n) is 2.13. The Kier molecular flexibility index (Phi) is 5.72. The predicted molar refractivity (Wildman–Crippen MR) is 104 cm³/mol. The Labute approximate surface area is 158 Å². The number of nitrogens with two attached hydrogens (primary N) is 1. The van der Waals surface area contributed by atoms with Crippen LogP contribution in [0.2, 0.25) is 0 Å². The number of benzene rings is 2. The molecule has 8 heteroatoms. The van der Waals surface area contributed by atoms with E-state index in [0.717, 1.165) is 15.1 Å². The number of hydrogen-bond acceptors (Lipinski definition) is 7. The molecule has 0 spiro atoms. The molecule has 0 radical (unpaired) electrons. The van der Waals surface area contributed by atoms with Gasteiger partial charge in [-0.1, -0.05) is 34.1 Å². The summed E-state index contributed by atoms with van der Waals surface area (Å²) in [6, 6.07) is 15.6. The van der Waals surface area contributed by atoms with Crippen molar-refractivity contribution >= 4 is 45.3 Å². The van der Waals surface area contributed by atoms with Crippen LogP contribution in [0.25, 0.3) is 0 Å². The van der Waals surface area contributed by atoms with E-state index in [4.69, 9.17) is 10.5 Å². The molecule has 0 aliphatic carbocycles. The van der Waals surface area contributed by atoms with E-state index in [1.807, 2.05) is 48.5 Å². The van der Waals surface area contributed by atoms with E-state index in [1.54, 1.807) is 18.9 Å². The zero-order chi connectivity index (χ0) is 17.6. The van der Waals surface area contributed by atoms with Gasteiger partial charge < -0.3 is 15.8 Å². The number of rotatable bonds is 6. The van der Waals surface area contributed by atoms with Crippen LogP contribution in [0.5, 0.6) is 5.75 Å². The Balaban J connectivity index is 1.76. The molecule has 0 amide bonds. The molecular formula is C17H16BrN5OS. The molecule has 0 atom stereocenters. The van der Waals surface area contributed by atoms with Gasteiger partial charge in [0.15, 0.2) is 0 Å². The zero-order valence-corrected chi connectivity index (χ0v) is 15.8. The third-order valence-corrected chi connectivity index (χ3v) is 4.70. The molecular weight excluding hydrogens is 402 g/mol. The smallest absolute Gasteiger partial charge is 0.232 e. The standard InChI is InChI=1S/C17H16BrN5OS/c1-24-14-8-3-2-7-13(14)20-17-22-15(21-16(19)23-17)10-25-12-6-4-5-11(18)9-12/h2-9H,10H2,1H3,(H3,19,20,21,22,23). The van der Waals surface area contributed by atoms with Gasteiger partial charge in [-0.15, -0.1) is 11.8 Å². The van der Waals surface area contributed by atoms with E-state index in [9.17, 15) is 0 Å². The number of ether oxygens (including phenoxy) is 1. The van der Waals surface area contributed by atoms with Crippen molar-refractivity contribution in [1.29, 1.82) is 0 Å². The summed E-state index contributed by atoms with van der Waals surface area (Å²) in [6.07, 6.45) is 0. The average Bonchev–Trinajstić information content (AvgIpc) is 2.60. The number of nitrogen functional groups attached to an aromatic ring is 1. The maximum absolute atomic E-state index is 5.83. The van der Waals surface area contributed by atoms with Crippen molar-refractivity contribution in [2.24, 2.45) is 0 Å². The van der Waals surface area contributed by atoms with Gasteiger partial charge in [-0.2, -0.15) is 15.0 Å². The normalized spacial score (nSPS) is 10.5. The fourth-order valence-corrected chi connectivity index (χ4v) is 3.49. The summed E-state index contributed by atoms with van der Waals surface area (Å²) in [5.41, 5.74) is 6.59. The molecule has 6 nitrogen and oxygen atoms in total. The second-order valence-corrected chi connectivity index (χ2v) is 6.97. The number of aromatic nitrogens is 3. The number of nitrogens with zero attached hydrogens (tertiary/aromatic N) is 3. The molecule has 128 valence electrons. The minimum Gasteiger partial charge on any atom is -0.495 e. The molecule has 1 aromatic heterocycles. The van der Waals surface area contributed by atoms with Gasteiger partial charge >= 0.3 is 0 Å². The molecule has 2 aromatic carbocycles. The van der Waals surface area contributed by atoms with Crippen LogP contribution in [0.4, 0.5) is 17.6 Å². The van der Waals surface area contributed by atoms with Crippen molar-refractivity contribution in [3.63, 3.8) is 0 Å². The van der Waals surface area contributed by atoms with Crippen molar-refractivity contribution in [2.75, 3.05) is 18.2 Å². The molecule has 0 fully saturated rings. The largest absolute Gasteiger partial charge is 0.495 e. The lowest BCUT2D eigenvalue weighted by atomic mass is 10.3.